The van der Waals surface area contributed by atoms with E-state index in [9.17, 15) is 19.0 Å². The molecule has 1 aromatic heterocycles. The number of rotatable bonds is 7. The number of terminal acetylenes is 1. The van der Waals surface area contributed by atoms with E-state index in [4.69, 9.17) is 16.1 Å². The number of aliphatic hydroxyl groups excluding tert-OH is 1. The standard InChI is InChI=1S/C35H34F3N5O3/c1-2-25-29(37)7-4-20-12-24(45)14-28(30(20)25)26-5-6-27-32(31(26)38)39-34(46-19-35-8-3-9-42(35)16-21(36)15-35)40-33(27)41-17-22-13-23(18-41)43(22)10-11-44/h1,4-7,12,14,21-23,44-45H,3,8-11,13,15-19H2. The minimum Gasteiger partial charge on any atom is -0.508 e. The number of anilines is 1. The lowest BCUT2D eigenvalue weighted by Gasteiger charge is -2.56. The van der Waals surface area contributed by atoms with Gasteiger partial charge in [-0.3, -0.25) is 9.80 Å². The molecule has 8 nitrogen and oxygen atoms in total. The SMILES string of the molecule is C#Cc1c(F)ccc2cc(O)cc(-c3ccc4c(N5CC6CC(C5)N6CCO)nc(OCC56CCCN5CC(F)C6)nc4c3F)c12. The number of nitrogens with zero attached hydrogens (tertiary/aromatic N) is 5. The van der Waals surface area contributed by atoms with Crippen molar-refractivity contribution in [2.75, 3.05) is 50.8 Å². The Morgan fingerprint density at radius 3 is 2.67 bits per heavy atom. The van der Waals surface area contributed by atoms with E-state index >= 15 is 4.39 Å². The molecule has 5 aliphatic heterocycles. The van der Waals surface area contributed by atoms with Gasteiger partial charge in [0.25, 0.3) is 0 Å². The van der Waals surface area contributed by atoms with E-state index in [-0.39, 0.29) is 59.3 Å². The van der Waals surface area contributed by atoms with Crippen LogP contribution < -0.4 is 9.64 Å². The number of fused-ring (bicyclic) bond motifs is 5. The molecule has 0 saturated carbocycles. The summed E-state index contributed by atoms with van der Waals surface area (Å²) in [6, 6.07) is 9.38. The van der Waals surface area contributed by atoms with Gasteiger partial charge in [0.15, 0.2) is 5.82 Å². The molecule has 4 atom stereocenters. The quantitative estimate of drug-likeness (QED) is 0.287. The highest BCUT2D eigenvalue weighted by molar-refractivity contribution is 6.04. The number of hydrogen-bond acceptors (Lipinski definition) is 8. The van der Waals surface area contributed by atoms with E-state index in [0.29, 0.717) is 54.6 Å². The highest BCUT2D eigenvalue weighted by Gasteiger charge is 2.49. The number of hydrogen-bond donors (Lipinski definition) is 2. The molecule has 3 aromatic carbocycles. The van der Waals surface area contributed by atoms with Gasteiger partial charge >= 0.3 is 6.01 Å². The third kappa shape index (κ3) is 4.57. The molecule has 11 heteroatoms. The van der Waals surface area contributed by atoms with Gasteiger partial charge in [-0.15, -0.1) is 6.42 Å². The summed E-state index contributed by atoms with van der Waals surface area (Å²) < 4.78 is 52.4. The molecule has 2 N–H and O–H groups in total. The topological polar surface area (TPSA) is 85.2 Å². The van der Waals surface area contributed by atoms with E-state index in [0.717, 1.165) is 25.8 Å². The predicted octanol–water partition coefficient (Wildman–Crippen LogP) is 4.63. The van der Waals surface area contributed by atoms with Crippen molar-refractivity contribution in [2.24, 2.45) is 0 Å². The van der Waals surface area contributed by atoms with Crippen LogP contribution in [0.3, 0.4) is 0 Å². The largest absolute Gasteiger partial charge is 0.508 e. The van der Waals surface area contributed by atoms with Crippen molar-refractivity contribution < 1.29 is 28.1 Å². The molecule has 238 valence electrons. The maximum absolute atomic E-state index is 16.8. The summed E-state index contributed by atoms with van der Waals surface area (Å²) in [6.07, 6.45) is 7.92. The summed E-state index contributed by atoms with van der Waals surface area (Å²) in [5.41, 5.74) is -0.106. The van der Waals surface area contributed by atoms with Gasteiger partial charge in [-0.05, 0) is 61.0 Å². The second-order valence-electron chi connectivity index (χ2n) is 13.1. The highest BCUT2D eigenvalue weighted by Crippen LogP contribution is 2.43. The number of phenols is 1. The van der Waals surface area contributed by atoms with Crippen LogP contribution in [0.1, 0.15) is 31.2 Å². The Morgan fingerprint density at radius 1 is 1.07 bits per heavy atom. The zero-order valence-electron chi connectivity index (χ0n) is 25.2. The van der Waals surface area contributed by atoms with E-state index in [1.807, 2.05) is 0 Å². The Morgan fingerprint density at radius 2 is 1.89 bits per heavy atom. The van der Waals surface area contributed by atoms with Gasteiger partial charge in [-0.25, -0.2) is 13.2 Å². The van der Waals surface area contributed by atoms with Crippen LogP contribution in [0.15, 0.2) is 36.4 Å². The second-order valence-corrected chi connectivity index (χ2v) is 13.1. The van der Waals surface area contributed by atoms with E-state index in [1.54, 1.807) is 12.1 Å². The smallest absolute Gasteiger partial charge is 0.319 e. The Hall–Kier alpha value is -4.11. The van der Waals surface area contributed by atoms with Crippen LogP contribution in [-0.2, 0) is 0 Å². The molecule has 6 heterocycles. The van der Waals surface area contributed by atoms with Gasteiger partial charge in [-0.1, -0.05) is 18.1 Å². The van der Waals surface area contributed by atoms with Gasteiger partial charge in [0.1, 0.15) is 35.7 Å². The number of aliphatic hydroxyl groups is 1. The molecule has 46 heavy (non-hydrogen) atoms. The normalized spacial score (nSPS) is 26.0. The number of benzene rings is 3. The number of halogens is 3. The molecule has 0 amide bonds. The van der Waals surface area contributed by atoms with Gasteiger partial charge in [0, 0.05) is 61.0 Å². The summed E-state index contributed by atoms with van der Waals surface area (Å²) in [7, 11) is 0. The second kappa shape index (κ2) is 11.0. The third-order valence-corrected chi connectivity index (χ3v) is 10.5. The molecule has 0 spiro atoms. The average molecular weight is 630 g/mol. The van der Waals surface area contributed by atoms with Crippen LogP contribution in [0.5, 0.6) is 11.8 Å². The molecule has 4 unspecified atom stereocenters. The monoisotopic (exact) mass is 629 g/mol. The van der Waals surface area contributed by atoms with Gasteiger partial charge < -0.3 is 19.8 Å². The van der Waals surface area contributed by atoms with E-state index < -0.39 is 23.3 Å². The first-order valence-electron chi connectivity index (χ1n) is 15.8. The molecule has 9 rings (SSSR count). The lowest BCUT2D eigenvalue weighted by atomic mass is 9.87. The van der Waals surface area contributed by atoms with Crippen LogP contribution in [0.2, 0.25) is 0 Å². The summed E-state index contributed by atoms with van der Waals surface area (Å²) in [5.74, 6) is 1.51. The summed E-state index contributed by atoms with van der Waals surface area (Å²) in [6.45, 7) is 3.37. The Bertz CT molecular complexity index is 1900. The zero-order valence-corrected chi connectivity index (χ0v) is 25.2. The molecule has 5 saturated heterocycles. The van der Waals surface area contributed by atoms with E-state index in [1.165, 1.54) is 24.3 Å². The zero-order chi connectivity index (χ0) is 31.7. The minimum absolute atomic E-state index is 0.00432. The Balaban J connectivity index is 1.25. The molecule has 5 fully saturated rings. The van der Waals surface area contributed by atoms with Crippen LogP contribution in [0.25, 0.3) is 32.8 Å². The fourth-order valence-corrected chi connectivity index (χ4v) is 8.41. The van der Waals surface area contributed by atoms with Crippen molar-refractivity contribution in [3.63, 3.8) is 0 Å². The minimum atomic E-state index is -0.922. The Labute approximate surface area is 264 Å². The lowest BCUT2D eigenvalue weighted by molar-refractivity contribution is -0.0124. The maximum Gasteiger partial charge on any atom is 0.319 e. The first-order chi connectivity index (χ1) is 22.3. The summed E-state index contributed by atoms with van der Waals surface area (Å²) in [5, 5.41) is 21.3. The van der Waals surface area contributed by atoms with Gasteiger partial charge in [0.2, 0.25) is 0 Å². The van der Waals surface area contributed by atoms with E-state index in [2.05, 4.69) is 25.6 Å². The third-order valence-electron chi connectivity index (χ3n) is 10.5. The molecule has 2 bridgehead atoms. The maximum atomic E-state index is 16.8. The number of alkyl halides is 1. The van der Waals surface area contributed by atoms with Crippen molar-refractivity contribution >= 4 is 27.5 Å². The first kappa shape index (κ1) is 29.3. The average Bonchev–Trinajstić information content (AvgIpc) is 3.58. The van der Waals surface area contributed by atoms with Crippen LogP contribution >= 0.6 is 0 Å². The molecular formula is C35H34F3N5O3. The number of phenolic OH excluding ortho intramolecular Hbond substituents is 1. The Kier molecular flexibility index (Phi) is 7.01. The van der Waals surface area contributed by atoms with Crippen molar-refractivity contribution in [1.29, 1.82) is 0 Å². The fourth-order valence-electron chi connectivity index (χ4n) is 8.41. The molecule has 0 aliphatic carbocycles. The van der Waals surface area contributed by atoms with Crippen LogP contribution in [0, 0.1) is 24.0 Å². The van der Waals surface area contributed by atoms with Gasteiger partial charge in [-0.2, -0.15) is 9.97 Å². The highest BCUT2D eigenvalue weighted by atomic mass is 19.1. The lowest BCUT2D eigenvalue weighted by Crippen LogP contribution is -2.69. The molecule has 4 aromatic rings. The van der Waals surface area contributed by atoms with Crippen molar-refractivity contribution in [1.82, 2.24) is 19.8 Å². The number of ether oxygens (including phenoxy) is 1. The fraction of sp³-hybridized carbons (Fsp3) is 0.429. The van der Waals surface area contributed by atoms with Crippen LogP contribution in [0.4, 0.5) is 19.0 Å². The molecular weight excluding hydrogens is 595 g/mol. The van der Waals surface area contributed by atoms with Crippen LogP contribution in [-0.4, -0.2) is 99.7 Å². The molecule has 0 radical (unpaired) electrons. The molecule has 5 aliphatic rings. The number of piperazine rings is 1. The van der Waals surface area contributed by atoms with Crippen molar-refractivity contribution in [3.8, 4) is 35.2 Å². The number of aromatic nitrogens is 2. The van der Waals surface area contributed by atoms with Gasteiger partial charge in [0.05, 0.1) is 17.7 Å². The van der Waals surface area contributed by atoms with Crippen molar-refractivity contribution in [3.05, 3.63) is 53.6 Å². The van der Waals surface area contributed by atoms with Crippen molar-refractivity contribution in [2.45, 2.75) is 49.5 Å². The summed E-state index contributed by atoms with van der Waals surface area (Å²) in [4.78, 5) is 15.9. The summed E-state index contributed by atoms with van der Waals surface area (Å²) >= 11 is 0. The number of piperidine rings is 1. The predicted molar refractivity (Wildman–Crippen MR) is 169 cm³/mol. The number of aromatic hydroxyl groups is 1. The first-order valence-corrected chi connectivity index (χ1v) is 15.8.